The first-order chi connectivity index (χ1) is 13.2. The molecule has 2 heterocycles. The second kappa shape index (κ2) is 7.33. The summed E-state index contributed by atoms with van der Waals surface area (Å²) in [5.41, 5.74) is 0.580. The summed E-state index contributed by atoms with van der Waals surface area (Å²) in [5.74, 6) is 0.970. The van der Waals surface area contributed by atoms with Gasteiger partial charge < -0.3 is 18.9 Å². The fraction of sp³-hybridized carbons (Fsp3) is 0.957. The smallest absolute Gasteiger partial charge is 0.165 e. The van der Waals surface area contributed by atoms with Gasteiger partial charge in [0.05, 0.1) is 19.3 Å². The number of rotatable bonds is 8. The maximum absolute atomic E-state index is 12.7. The monoisotopic (exact) mass is 394 g/mol. The molecular formula is C23H38O5. The summed E-state index contributed by atoms with van der Waals surface area (Å²) in [6.07, 6.45) is 5.91. The van der Waals surface area contributed by atoms with Gasteiger partial charge in [-0.3, -0.25) is 4.79 Å². The zero-order valence-electron chi connectivity index (χ0n) is 18.3. The van der Waals surface area contributed by atoms with Crippen LogP contribution in [0.15, 0.2) is 0 Å². The van der Waals surface area contributed by atoms with Gasteiger partial charge in [0.1, 0.15) is 6.10 Å². The van der Waals surface area contributed by atoms with Crippen molar-refractivity contribution in [2.45, 2.75) is 104 Å². The Labute approximate surface area is 169 Å². The third kappa shape index (κ3) is 3.27. The van der Waals surface area contributed by atoms with Crippen LogP contribution in [0.25, 0.3) is 0 Å². The van der Waals surface area contributed by atoms with Crippen LogP contribution in [0.2, 0.25) is 0 Å². The molecular weight excluding hydrogens is 356 g/mol. The van der Waals surface area contributed by atoms with Gasteiger partial charge in [0.15, 0.2) is 17.9 Å². The quantitative estimate of drug-likeness (QED) is 0.608. The van der Waals surface area contributed by atoms with Crippen molar-refractivity contribution in [1.29, 1.82) is 0 Å². The van der Waals surface area contributed by atoms with Crippen LogP contribution in [0.5, 0.6) is 0 Å². The van der Waals surface area contributed by atoms with E-state index < -0.39 is 5.79 Å². The Morgan fingerprint density at radius 3 is 2.54 bits per heavy atom. The summed E-state index contributed by atoms with van der Waals surface area (Å²) in [4.78, 5) is 12.7. The standard InChI is InChI=1S/C23H38O5/c1-6-18(17(24)8-7-10-23(5)25-12-13-26-23)27-19-14-15-16-9-11-22(4,20(15)28-19)21(16,2)3/h15-16,18-20H,6-14H2,1-5H3/t15-,16-,18+,19-,20-,22+/m1/s1. The molecule has 4 aliphatic rings. The molecule has 2 bridgehead atoms. The number of carbonyl (C=O) groups is 1. The summed E-state index contributed by atoms with van der Waals surface area (Å²) in [6.45, 7) is 12.5. The summed E-state index contributed by atoms with van der Waals surface area (Å²) in [7, 11) is 0. The van der Waals surface area contributed by atoms with Gasteiger partial charge in [0.2, 0.25) is 0 Å². The lowest BCUT2D eigenvalue weighted by Crippen LogP contribution is -2.38. The van der Waals surface area contributed by atoms with Gasteiger partial charge in [-0.25, -0.2) is 0 Å². The molecule has 28 heavy (non-hydrogen) atoms. The van der Waals surface area contributed by atoms with E-state index in [2.05, 4.69) is 20.8 Å². The van der Waals surface area contributed by atoms with Crippen LogP contribution in [0, 0.1) is 22.7 Å². The normalized spacial score (nSPS) is 41.3. The Morgan fingerprint density at radius 1 is 1.18 bits per heavy atom. The molecule has 2 saturated carbocycles. The van der Waals surface area contributed by atoms with Crippen molar-refractivity contribution in [2.24, 2.45) is 22.7 Å². The topological polar surface area (TPSA) is 54.0 Å². The van der Waals surface area contributed by atoms with Gasteiger partial charge in [0, 0.05) is 19.3 Å². The van der Waals surface area contributed by atoms with Gasteiger partial charge in [-0.15, -0.1) is 0 Å². The summed E-state index contributed by atoms with van der Waals surface area (Å²) in [5, 5.41) is 0. The largest absolute Gasteiger partial charge is 0.349 e. The minimum Gasteiger partial charge on any atom is -0.349 e. The van der Waals surface area contributed by atoms with E-state index in [-0.39, 0.29) is 29.7 Å². The Kier molecular flexibility index (Phi) is 5.44. The minimum atomic E-state index is -0.517. The molecule has 5 heteroatoms. The number of fused-ring (bicyclic) bond motifs is 5. The lowest BCUT2D eigenvalue weighted by molar-refractivity contribution is -0.190. The minimum absolute atomic E-state index is 0.180. The number of ketones is 1. The zero-order valence-corrected chi connectivity index (χ0v) is 18.3. The predicted molar refractivity (Wildman–Crippen MR) is 106 cm³/mol. The van der Waals surface area contributed by atoms with Crippen LogP contribution in [0.3, 0.4) is 0 Å². The Balaban J connectivity index is 1.28. The van der Waals surface area contributed by atoms with E-state index in [1.54, 1.807) is 0 Å². The molecule has 0 aromatic rings. The molecule has 4 rings (SSSR count). The Morgan fingerprint density at radius 2 is 1.89 bits per heavy atom. The van der Waals surface area contributed by atoms with Crippen LogP contribution in [-0.4, -0.2) is 43.3 Å². The third-order valence-electron chi connectivity index (χ3n) is 8.67. The highest BCUT2D eigenvalue weighted by molar-refractivity contribution is 5.83. The molecule has 0 N–H and O–H groups in total. The first kappa shape index (κ1) is 20.8. The van der Waals surface area contributed by atoms with Gasteiger partial charge in [0.25, 0.3) is 0 Å². The van der Waals surface area contributed by atoms with Crippen LogP contribution in [0.4, 0.5) is 0 Å². The van der Waals surface area contributed by atoms with Gasteiger partial charge in [-0.05, 0) is 55.3 Å². The van der Waals surface area contributed by atoms with Crippen LogP contribution < -0.4 is 0 Å². The molecule has 0 aromatic carbocycles. The van der Waals surface area contributed by atoms with Gasteiger partial charge in [-0.1, -0.05) is 27.7 Å². The third-order valence-corrected chi connectivity index (χ3v) is 8.67. The SMILES string of the molecule is CC[C@H](O[C@H]1C[C@@H]2[C@H]3CC[C@@](C)([C@@H]2O1)C3(C)C)C(=O)CCCC1(C)OCCO1. The predicted octanol–water partition coefficient (Wildman–Crippen LogP) is 4.47. The van der Waals surface area contributed by atoms with Crippen LogP contribution >= 0.6 is 0 Å². The lowest BCUT2D eigenvalue weighted by Gasteiger charge is -2.38. The number of hydrogen-bond acceptors (Lipinski definition) is 5. The van der Waals surface area contributed by atoms with Gasteiger partial charge >= 0.3 is 0 Å². The molecule has 160 valence electrons. The number of Topliss-reactive ketones (excluding diaryl/α,β-unsaturated/α-hetero) is 1. The number of hydrogen-bond donors (Lipinski definition) is 0. The fourth-order valence-corrected chi connectivity index (χ4v) is 6.60. The summed E-state index contributed by atoms with van der Waals surface area (Å²) >= 11 is 0. The van der Waals surface area contributed by atoms with Gasteiger partial charge in [-0.2, -0.15) is 0 Å². The molecule has 0 unspecified atom stereocenters. The van der Waals surface area contributed by atoms with Crippen LogP contribution in [0.1, 0.15) is 79.6 Å². The van der Waals surface area contributed by atoms with E-state index in [1.165, 1.54) is 12.8 Å². The van der Waals surface area contributed by atoms with Crippen molar-refractivity contribution in [3.8, 4) is 0 Å². The fourth-order valence-electron chi connectivity index (χ4n) is 6.60. The molecule has 0 aromatic heterocycles. The molecule has 2 saturated heterocycles. The van der Waals surface area contributed by atoms with Crippen molar-refractivity contribution in [2.75, 3.05) is 13.2 Å². The van der Waals surface area contributed by atoms with Crippen molar-refractivity contribution in [1.82, 2.24) is 0 Å². The second-order valence-electron chi connectivity index (χ2n) is 10.4. The first-order valence-electron chi connectivity index (χ1n) is 11.3. The molecule has 5 nitrogen and oxygen atoms in total. The Bertz CT molecular complexity index is 596. The molecule has 0 spiro atoms. The highest BCUT2D eigenvalue weighted by Crippen LogP contribution is 2.71. The first-order valence-corrected chi connectivity index (χ1v) is 11.3. The average Bonchev–Trinajstić information content (AvgIpc) is 3.34. The molecule has 0 radical (unpaired) electrons. The zero-order chi connectivity index (χ0) is 20.2. The van der Waals surface area contributed by atoms with Crippen molar-refractivity contribution >= 4 is 5.78 Å². The Hall–Kier alpha value is -0.490. The maximum Gasteiger partial charge on any atom is 0.165 e. The molecule has 6 atom stereocenters. The summed E-state index contributed by atoms with van der Waals surface area (Å²) in [6, 6.07) is 0. The molecule has 2 aliphatic heterocycles. The maximum atomic E-state index is 12.7. The van der Waals surface area contributed by atoms with E-state index in [4.69, 9.17) is 18.9 Å². The summed E-state index contributed by atoms with van der Waals surface area (Å²) < 4.78 is 23.9. The average molecular weight is 395 g/mol. The van der Waals surface area contributed by atoms with Crippen LogP contribution in [-0.2, 0) is 23.7 Å². The van der Waals surface area contributed by atoms with Crippen molar-refractivity contribution in [3.05, 3.63) is 0 Å². The second-order valence-corrected chi connectivity index (χ2v) is 10.4. The van der Waals surface area contributed by atoms with Crippen molar-refractivity contribution < 1.29 is 23.7 Å². The number of ether oxygens (including phenoxy) is 4. The highest BCUT2D eigenvalue weighted by Gasteiger charge is 2.69. The van der Waals surface area contributed by atoms with E-state index >= 15 is 0 Å². The lowest BCUT2D eigenvalue weighted by atomic mass is 9.70. The van der Waals surface area contributed by atoms with E-state index in [1.807, 2.05) is 13.8 Å². The molecule has 4 fully saturated rings. The van der Waals surface area contributed by atoms with E-state index in [9.17, 15) is 4.79 Å². The number of carbonyl (C=O) groups excluding carboxylic acids is 1. The molecule has 0 amide bonds. The van der Waals surface area contributed by atoms with E-state index in [0.717, 1.165) is 25.2 Å². The highest BCUT2D eigenvalue weighted by atomic mass is 16.7. The van der Waals surface area contributed by atoms with E-state index in [0.29, 0.717) is 37.4 Å². The van der Waals surface area contributed by atoms with Crippen molar-refractivity contribution in [3.63, 3.8) is 0 Å². The molecule has 2 aliphatic carbocycles.